The van der Waals surface area contributed by atoms with E-state index in [1.165, 1.54) is 24.8 Å². The summed E-state index contributed by atoms with van der Waals surface area (Å²) in [6.07, 6.45) is 4.79. The van der Waals surface area contributed by atoms with Crippen LogP contribution in [0.15, 0.2) is 21.5 Å². The Labute approximate surface area is 90.2 Å². The maximum Gasteiger partial charge on any atom is 0.0174 e. The van der Waals surface area contributed by atoms with E-state index in [-0.39, 0.29) is 0 Å². The van der Waals surface area contributed by atoms with Gasteiger partial charge in [0.05, 0.1) is 0 Å². The normalized spacial score (nSPS) is 25.1. The molecule has 2 N–H and O–H groups in total. The van der Waals surface area contributed by atoms with Crippen LogP contribution in [0.3, 0.4) is 0 Å². The molecule has 2 aliphatic heterocycles. The van der Waals surface area contributed by atoms with Crippen molar-refractivity contribution in [3.63, 3.8) is 0 Å². The second-order valence-electron chi connectivity index (χ2n) is 4.14. The van der Waals surface area contributed by atoms with E-state index in [1.54, 1.807) is 10.5 Å². The Kier molecular flexibility index (Phi) is 3.31. The van der Waals surface area contributed by atoms with Gasteiger partial charge < -0.3 is 0 Å². The zero-order chi connectivity index (χ0) is 9.97. The van der Waals surface area contributed by atoms with Crippen molar-refractivity contribution in [2.75, 3.05) is 13.1 Å². The Morgan fingerprint density at radius 1 is 1.21 bits per heavy atom. The zero-order valence-electron chi connectivity index (χ0n) is 8.75. The van der Waals surface area contributed by atoms with Gasteiger partial charge in [0, 0.05) is 13.1 Å². The number of rotatable bonds is 0. The van der Waals surface area contributed by atoms with E-state index in [0.717, 1.165) is 19.5 Å². The topological polar surface area (TPSA) is 29.3 Å². The first-order valence-electron chi connectivity index (χ1n) is 5.28. The minimum Gasteiger partial charge on any atom is -0.269 e. The molecule has 0 unspecified atom stereocenters. The molecule has 0 spiro atoms. The largest absolute Gasteiger partial charge is 0.269 e. The molecule has 2 nitrogen and oxygen atoms in total. The molecule has 0 amide bonds. The van der Waals surface area contributed by atoms with Crippen LogP contribution < -0.4 is 5.84 Å². The average Bonchev–Trinajstić information content (AvgIpc) is 2.44. The lowest BCUT2D eigenvalue weighted by atomic mass is 10.0. The molecule has 0 aromatic rings. The van der Waals surface area contributed by atoms with E-state index in [0.29, 0.717) is 0 Å². The third-order valence-electron chi connectivity index (χ3n) is 2.94. The van der Waals surface area contributed by atoms with E-state index in [4.69, 9.17) is 5.84 Å². The lowest BCUT2D eigenvalue weighted by Gasteiger charge is -2.12. The molecule has 0 atom stereocenters. The van der Waals surface area contributed by atoms with Crippen molar-refractivity contribution in [2.24, 2.45) is 5.84 Å². The highest BCUT2D eigenvalue weighted by molar-refractivity contribution is 8.05. The molecule has 0 aromatic carbocycles. The number of nitrogens with two attached hydrogens (primary N) is 1. The minimum atomic E-state index is 1.01. The maximum absolute atomic E-state index is 5.84. The van der Waals surface area contributed by atoms with Crippen molar-refractivity contribution in [1.29, 1.82) is 0 Å². The van der Waals surface area contributed by atoms with Crippen molar-refractivity contribution < 1.29 is 0 Å². The van der Waals surface area contributed by atoms with Gasteiger partial charge in [-0.2, -0.15) is 0 Å². The monoisotopic (exact) mass is 210 g/mol. The van der Waals surface area contributed by atoms with Crippen LogP contribution in [0.4, 0.5) is 0 Å². The van der Waals surface area contributed by atoms with Gasteiger partial charge in [-0.05, 0) is 42.9 Å². The Morgan fingerprint density at radius 2 is 2.00 bits per heavy atom. The third kappa shape index (κ3) is 2.41. The summed E-state index contributed by atoms with van der Waals surface area (Å²) in [6.45, 7) is 4.27. The Bertz CT molecular complexity index is 281. The quantitative estimate of drug-likeness (QED) is 0.623. The highest BCUT2D eigenvalue weighted by atomic mass is 32.2. The lowest BCUT2D eigenvalue weighted by molar-refractivity contribution is 0.298. The number of thioether (sulfide) groups is 1. The minimum absolute atomic E-state index is 1.01. The summed E-state index contributed by atoms with van der Waals surface area (Å²) >= 11 is 1.93. The van der Waals surface area contributed by atoms with Crippen molar-refractivity contribution in [3.05, 3.63) is 21.5 Å². The van der Waals surface area contributed by atoms with E-state index < -0.39 is 0 Å². The Balaban J connectivity index is 2.10. The van der Waals surface area contributed by atoms with Gasteiger partial charge in [0.15, 0.2) is 0 Å². The van der Waals surface area contributed by atoms with Gasteiger partial charge in [0.25, 0.3) is 0 Å². The van der Waals surface area contributed by atoms with E-state index in [1.807, 2.05) is 16.8 Å². The molecule has 0 fully saturated rings. The van der Waals surface area contributed by atoms with Crippen molar-refractivity contribution >= 4 is 11.8 Å². The van der Waals surface area contributed by atoms with E-state index >= 15 is 0 Å². The van der Waals surface area contributed by atoms with Crippen LogP contribution in [-0.4, -0.2) is 18.1 Å². The Morgan fingerprint density at radius 3 is 2.86 bits per heavy atom. The third-order valence-corrected chi connectivity index (χ3v) is 4.24. The molecule has 2 aliphatic rings. The van der Waals surface area contributed by atoms with Crippen LogP contribution in [0, 0.1) is 0 Å². The van der Waals surface area contributed by atoms with Crippen LogP contribution in [0.25, 0.3) is 0 Å². The van der Waals surface area contributed by atoms with Gasteiger partial charge in [-0.1, -0.05) is 11.1 Å². The summed E-state index contributed by atoms with van der Waals surface area (Å²) < 4.78 is 0. The number of nitrogens with zero attached hydrogens (tertiary/aromatic N) is 1. The summed E-state index contributed by atoms with van der Waals surface area (Å²) in [6, 6.07) is 0. The molecule has 2 heterocycles. The number of allylic oxidation sites excluding steroid dienone is 1. The van der Waals surface area contributed by atoms with Crippen molar-refractivity contribution in [3.8, 4) is 0 Å². The number of hydrogen-bond acceptors (Lipinski definition) is 3. The second-order valence-corrected chi connectivity index (χ2v) is 5.11. The fraction of sp³-hybridized carbons (Fsp3) is 0.636. The fourth-order valence-electron chi connectivity index (χ4n) is 1.94. The predicted octanol–water partition coefficient (Wildman–Crippen LogP) is 2.64. The second kappa shape index (κ2) is 4.51. The molecule has 0 aliphatic carbocycles. The average molecular weight is 210 g/mol. The van der Waals surface area contributed by atoms with Gasteiger partial charge in [-0.25, -0.2) is 5.01 Å². The van der Waals surface area contributed by atoms with Crippen LogP contribution in [0.1, 0.15) is 32.6 Å². The van der Waals surface area contributed by atoms with Gasteiger partial charge >= 0.3 is 0 Å². The van der Waals surface area contributed by atoms with E-state index in [2.05, 4.69) is 12.3 Å². The number of hydrazine groups is 1. The van der Waals surface area contributed by atoms with Crippen LogP contribution in [0.5, 0.6) is 0 Å². The summed E-state index contributed by atoms with van der Waals surface area (Å²) in [5.74, 6) is 5.84. The van der Waals surface area contributed by atoms with Crippen molar-refractivity contribution in [2.45, 2.75) is 32.6 Å². The van der Waals surface area contributed by atoms with Gasteiger partial charge in [-0.15, -0.1) is 11.8 Å². The van der Waals surface area contributed by atoms with Crippen LogP contribution >= 0.6 is 11.8 Å². The predicted molar refractivity (Wildman–Crippen MR) is 62.6 cm³/mol. The first kappa shape index (κ1) is 10.3. The molecule has 2 rings (SSSR count). The molecular weight excluding hydrogens is 192 g/mol. The highest BCUT2D eigenvalue weighted by Crippen LogP contribution is 2.35. The summed E-state index contributed by atoms with van der Waals surface area (Å²) in [7, 11) is 0. The molecular formula is C11H18N2S. The van der Waals surface area contributed by atoms with Crippen LogP contribution in [-0.2, 0) is 0 Å². The first-order valence-corrected chi connectivity index (χ1v) is 6.16. The standard InChI is InChI=1S/C11H18N2S/c1-9-2-3-10-4-6-13(12)7-5-11(10)14-8-9/h8H,2-7,12H2,1H3. The molecule has 0 saturated carbocycles. The van der Waals surface area contributed by atoms with Gasteiger partial charge in [-0.3, -0.25) is 5.84 Å². The Hall–Kier alpha value is -0.250. The molecule has 14 heavy (non-hydrogen) atoms. The molecule has 0 saturated heterocycles. The summed E-state index contributed by atoms with van der Waals surface area (Å²) in [4.78, 5) is 1.58. The molecule has 78 valence electrons. The number of hydrogen-bond donors (Lipinski definition) is 1. The zero-order valence-corrected chi connectivity index (χ0v) is 9.57. The maximum atomic E-state index is 5.84. The lowest BCUT2D eigenvalue weighted by Crippen LogP contribution is -2.31. The van der Waals surface area contributed by atoms with Gasteiger partial charge in [0.1, 0.15) is 0 Å². The van der Waals surface area contributed by atoms with Crippen LogP contribution in [0.2, 0.25) is 0 Å². The molecule has 0 bridgehead atoms. The first-order chi connectivity index (χ1) is 6.75. The fourth-order valence-corrected chi connectivity index (χ4v) is 2.98. The molecule has 0 radical (unpaired) electrons. The summed E-state index contributed by atoms with van der Waals surface area (Å²) in [5.41, 5.74) is 3.17. The van der Waals surface area contributed by atoms with Gasteiger partial charge in [0.2, 0.25) is 0 Å². The van der Waals surface area contributed by atoms with Crippen molar-refractivity contribution in [1.82, 2.24) is 5.01 Å². The SMILES string of the molecule is CC1=CSC2=C(CC1)CCN(N)CC2. The molecule has 3 heteroatoms. The smallest absolute Gasteiger partial charge is 0.0174 e. The van der Waals surface area contributed by atoms with E-state index in [9.17, 15) is 0 Å². The summed E-state index contributed by atoms with van der Waals surface area (Å²) in [5, 5.41) is 4.26. The highest BCUT2D eigenvalue weighted by Gasteiger charge is 2.16. The molecule has 0 aromatic heterocycles.